The third kappa shape index (κ3) is 6.83. The van der Waals surface area contributed by atoms with Crippen LogP contribution < -0.4 is 14.8 Å². The summed E-state index contributed by atoms with van der Waals surface area (Å²) < 4.78 is 83.7. The van der Waals surface area contributed by atoms with E-state index in [1.165, 1.54) is 29.4 Å². The van der Waals surface area contributed by atoms with Crippen molar-refractivity contribution in [1.82, 2.24) is 14.9 Å². The number of halogens is 2. The number of aromatic nitrogens is 2. The Morgan fingerprint density at radius 3 is 2.55 bits per heavy atom. The summed E-state index contributed by atoms with van der Waals surface area (Å²) in [5, 5.41) is 3.56. The number of anilines is 2. The van der Waals surface area contributed by atoms with Crippen LogP contribution in [0.1, 0.15) is 12.8 Å². The molecule has 0 aliphatic carbocycles. The van der Waals surface area contributed by atoms with E-state index in [0.29, 0.717) is 47.3 Å². The second-order valence-electron chi connectivity index (χ2n) is 10.5. The van der Waals surface area contributed by atoms with Crippen LogP contribution in [0.3, 0.4) is 0 Å². The number of rotatable bonds is 11. The fourth-order valence-corrected chi connectivity index (χ4v) is 8.62. The van der Waals surface area contributed by atoms with Gasteiger partial charge in [-0.25, -0.2) is 31.2 Å². The lowest BCUT2D eigenvalue weighted by Crippen LogP contribution is -2.62. The Hall–Kier alpha value is -3.31. The second kappa shape index (κ2) is 12.6. The highest BCUT2D eigenvalue weighted by atomic mass is 35.5. The summed E-state index contributed by atoms with van der Waals surface area (Å²) in [4.78, 5) is 22.3. The lowest BCUT2D eigenvalue weighted by Gasteiger charge is -2.38. The number of carbonyl (C=O) groups excluding carboxylic acids is 1. The van der Waals surface area contributed by atoms with E-state index in [0.717, 1.165) is 12.8 Å². The molecule has 44 heavy (non-hydrogen) atoms. The highest BCUT2D eigenvalue weighted by molar-refractivity contribution is 8.09. The minimum absolute atomic E-state index is 0.0183. The fourth-order valence-electron chi connectivity index (χ4n) is 4.91. The summed E-state index contributed by atoms with van der Waals surface area (Å²) in [6.45, 7) is -0.112. The van der Waals surface area contributed by atoms with Gasteiger partial charge >= 0.3 is 10.2 Å². The molecule has 2 saturated heterocycles. The van der Waals surface area contributed by atoms with Gasteiger partial charge in [-0.2, -0.15) is 0 Å². The Balaban J connectivity index is 1.41. The van der Waals surface area contributed by atoms with Crippen molar-refractivity contribution >= 4 is 59.7 Å². The van der Waals surface area contributed by atoms with Gasteiger partial charge in [-0.3, -0.25) is 9.69 Å². The molecular formula is C27H30ClFN4O9S2. The molecule has 0 bridgehead atoms. The van der Waals surface area contributed by atoms with Crippen LogP contribution >= 0.6 is 11.6 Å². The van der Waals surface area contributed by atoms with Gasteiger partial charge in [-0.15, -0.1) is 0 Å². The van der Waals surface area contributed by atoms with Crippen LogP contribution in [0.15, 0.2) is 36.7 Å². The normalized spacial score (nSPS) is 19.1. The maximum Gasteiger partial charge on any atom is 0.322 e. The van der Waals surface area contributed by atoms with Crippen molar-refractivity contribution in [2.24, 2.45) is 0 Å². The van der Waals surface area contributed by atoms with Gasteiger partial charge in [0.15, 0.2) is 11.5 Å². The van der Waals surface area contributed by atoms with Crippen molar-refractivity contribution in [3.8, 4) is 11.5 Å². The molecule has 2 aliphatic heterocycles. The van der Waals surface area contributed by atoms with Crippen molar-refractivity contribution in [2.75, 3.05) is 57.3 Å². The molecule has 1 aromatic heterocycles. The van der Waals surface area contributed by atoms with Gasteiger partial charge in [0, 0.05) is 42.8 Å². The van der Waals surface area contributed by atoms with Crippen LogP contribution in [0.5, 0.6) is 11.5 Å². The van der Waals surface area contributed by atoms with Crippen molar-refractivity contribution in [3.05, 3.63) is 47.5 Å². The van der Waals surface area contributed by atoms with Crippen molar-refractivity contribution in [1.29, 1.82) is 0 Å². The number of fused-ring (bicyclic) bond motifs is 1. The Labute approximate surface area is 258 Å². The van der Waals surface area contributed by atoms with Crippen LogP contribution in [0, 0.1) is 5.82 Å². The fraction of sp³-hybridized carbons (Fsp3) is 0.444. The number of ether oxygens (including phenoxy) is 4. The monoisotopic (exact) mass is 672 g/mol. The summed E-state index contributed by atoms with van der Waals surface area (Å²) in [7, 11) is -8.73. The predicted molar refractivity (Wildman–Crippen MR) is 159 cm³/mol. The van der Waals surface area contributed by atoms with E-state index < -0.39 is 42.3 Å². The first-order valence-electron chi connectivity index (χ1n) is 13.5. The molecule has 0 amide bonds. The van der Waals surface area contributed by atoms with Gasteiger partial charge in [-0.1, -0.05) is 11.6 Å². The Bertz CT molecular complexity index is 1760. The minimum atomic E-state index is -4.37. The number of morpholine rings is 1. The van der Waals surface area contributed by atoms with Crippen LogP contribution in [-0.4, -0.2) is 100 Å². The number of sulfone groups is 2. The van der Waals surface area contributed by atoms with E-state index in [4.69, 9.17) is 30.5 Å². The molecule has 0 radical (unpaired) electrons. The Morgan fingerprint density at radius 2 is 1.86 bits per heavy atom. The number of hydrogen-bond donors (Lipinski definition) is 1. The first kappa shape index (κ1) is 32.1. The quantitative estimate of drug-likeness (QED) is 0.296. The number of esters is 1. The molecule has 2 aromatic carbocycles. The van der Waals surface area contributed by atoms with E-state index in [-0.39, 0.29) is 43.2 Å². The van der Waals surface area contributed by atoms with Gasteiger partial charge in [-0.05, 0) is 37.1 Å². The van der Waals surface area contributed by atoms with Crippen molar-refractivity contribution in [3.63, 3.8) is 0 Å². The topological polar surface area (TPSA) is 163 Å². The van der Waals surface area contributed by atoms with E-state index >= 15 is 0 Å². The third-order valence-electron chi connectivity index (χ3n) is 7.17. The third-order valence-corrected chi connectivity index (χ3v) is 12.0. The molecule has 13 nitrogen and oxygen atoms in total. The summed E-state index contributed by atoms with van der Waals surface area (Å²) in [6, 6.07) is 7.45. The SMILES string of the molecule is CS(=O)(=O)C1(S(C)(=O)=O)CN(CCOc2cc3c(Nc4ccc(F)c(Cl)c4)ncnc3cc2OC[C@@H]2CCCO2)CC(=O)O1. The number of benzene rings is 2. The molecule has 1 N–H and O–H groups in total. The number of hydrogen-bond acceptors (Lipinski definition) is 13. The summed E-state index contributed by atoms with van der Waals surface area (Å²) >= 11 is 5.94. The van der Waals surface area contributed by atoms with Crippen LogP contribution in [-0.2, 0) is 33.9 Å². The van der Waals surface area contributed by atoms with Gasteiger partial charge < -0.3 is 24.3 Å². The molecule has 3 aromatic rings. The smallest absolute Gasteiger partial charge is 0.322 e. The molecule has 238 valence electrons. The maximum absolute atomic E-state index is 13.7. The summed E-state index contributed by atoms with van der Waals surface area (Å²) in [5.74, 6) is -0.560. The molecule has 17 heteroatoms. The molecule has 0 unspecified atom stereocenters. The minimum Gasteiger partial charge on any atom is -0.488 e. The van der Waals surface area contributed by atoms with Gasteiger partial charge in [0.2, 0.25) is 19.7 Å². The van der Waals surface area contributed by atoms with E-state index in [1.807, 2.05) is 0 Å². The predicted octanol–water partition coefficient (Wildman–Crippen LogP) is 2.70. The van der Waals surface area contributed by atoms with Gasteiger partial charge in [0.1, 0.15) is 31.2 Å². The van der Waals surface area contributed by atoms with Crippen molar-refractivity contribution < 1.29 is 45.0 Å². The second-order valence-corrected chi connectivity index (χ2v) is 15.6. The zero-order valence-corrected chi connectivity index (χ0v) is 26.2. The molecule has 3 heterocycles. The van der Waals surface area contributed by atoms with E-state index in [2.05, 4.69) is 15.3 Å². The van der Waals surface area contributed by atoms with Gasteiger partial charge in [0.05, 0.1) is 29.7 Å². The van der Waals surface area contributed by atoms with Crippen LogP contribution in [0.4, 0.5) is 15.9 Å². The Morgan fingerprint density at radius 1 is 1.11 bits per heavy atom. The number of nitrogens with zero attached hydrogens (tertiary/aromatic N) is 3. The van der Waals surface area contributed by atoms with Crippen LogP contribution in [0.2, 0.25) is 5.02 Å². The maximum atomic E-state index is 13.7. The van der Waals surface area contributed by atoms with Gasteiger partial charge in [0.25, 0.3) is 0 Å². The zero-order valence-electron chi connectivity index (χ0n) is 23.8. The largest absolute Gasteiger partial charge is 0.488 e. The lowest BCUT2D eigenvalue weighted by atomic mass is 10.2. The summed E-state index contributed by atoms with van der Waals surface area (Å²) in [5.41, 5.74) is 0.991. The molecule has 1 atom stereocenters. The first-order chi connectivity index (χ1) is 20.8. The summed E-state index contributed by atoms with van der Waals surface area (Å²) in [6.07, 6.45) is 4.44. The van der Waals surface area contributed by atoms with Crippen molar-refractivity contribution in [2.45, 2.75) is 23.2 Å². The molecule has 0 spiro atoms. The molecular weight excluding hydrogens is 643 g/mol. The lowest BCUT2D eigenvalue weighted by molar-refractivity contribution is -0.156. The molecule has 0 saturated carbocycles. The average Bonchev–Trinajstić information content (AvgIpc) is 3.46. The molecule has 2 aliphatic rings. The van der Waals surface area contributed by atoms with E-state index in [9.17, 15) is 26.0 Å². The highest BCUT2D eigenvalue weighted by Crippen LogP contribution is 2.36. The number of nitrogens with one attached hydrogen (secondary N) is 1. The standard InChI is InChI=1S/C27H30ClFN4O9S2/c1-43(35,36)27(44(2,37)38)15-33(13-25(34)42-27)7-9-40-23-11-19-22(12-24(23)41-14-18-4-3-8-39-18)30-16-31-26(19)32-17-5-6-21(29)20(28)10-17/h5-6,10-12,16,18H,3-4,7-9,13-15H2,1-2H3,(H,30,31,32)/t18-/m0/s1. The average molecular weight is 673 g/mol. The zero-order chi connectivity index (χ0) is 31.7. The highest BCUT2D eigenvalue weighted by Gasteiger charge is 2.57. The Kier molecular flexibility index (Phi) is 9.18. The molecule has 2 fully saturated rings. The van der Waals surface area contributed by atoms with E-state index in [1.54, 1.807) is 12.1 Å². The molecule has 5 rings (SSSR count). The number of cyclic esters (lactones) is 1. The number of carbonyl (C=O) groups is 1. The first-order valence-corrected chi connectivity index (χ1v) is 17.6. The van der Waals surface area contributed by atoms with Crippen LogP contribution in [0.25, 0.3) is 10.9 Å².